The molecule has 3 rings (SSSR count). The second kappa shape index (κ2) is 10.3. The molecule has 0 bridgehead atoms. The van der Waals surface area contributed by atoms with Gasteiger partial charge in [0.05, 0.1) is 13.1 Å². The van der Waals surface area contributed by atoms with Gasteiger partial charge in [-0.2, -0.15) is 5.10 Å². The van der Waals surface area contributed by atoms with E-state index < -0.39 is 0 Å². The summed E-state index contributed by atoms with van der Waals surface area (Å²) in [6.07, 6.45) is 3.79. The molecule has 1 heterocycles. The summed E-state index contributed by atoms with van der Waals surface area (Å²) in [5.74, 6) is 0.816. The normalized spacial score (nSPS) is 11.3. The van der Waals surface area contributed by atoms with Crippen molar-refractivity contribution < 1.29 is 0 Å². The van der Waals surface area contributed by atoms with Gasteiger partial charge in [-0.25, -0.2) is 4.99 Å². The van der Waals surface area contributed by atoms with Gasteiger partial charge in [0.2, 0.25) is 0 Å². The number of guanidine groups is 1. The van der Waals surface area contributed by atoms with Crippen LogP contribution in [-0.2, 0) is 19.6 Å². The van der Waals surface area contributed by atoms with Gasteiger partial charge in [-0.15, -0.1) is 0 Å². The van der Waals surface area contributed by atoms with E-state index in [4.69, 9.17) is 4.99 Å². The van der Waals surface area contributed by atoms with E-state index in [1.54, 1.807) is 0 Å². The molecule has 0 aliphatic heterocycles. The number of rotatable bonds is 8. The molecule has 6 nitrogen and oxygen atoms in total. The summed E-state index contributed by atoms with van der Waals surface area (Å²) < 4.78 is 1.94. The molecule has 2 aromatic carbocycles. The van der Waals surface area contributed by atoms with Crippen molar-refractivity contribution in [1.29, 1.82) is 0 Å². The smallest absolute Gasteiger partial charge is 0.191 e. The van der Waals surface area contributed by atoms with E-state index in [0.29, 0.717) is 13.1 Å². The van der Waals surface area contributed by atoms with E-state index >= 15 is 0 Å². The summed E-state index contributed by atoms with van der Waals surface area (Å²) in [7, 11) is 4.10. The fourth-order valence-electron chi connectivity index (χ4n) is 3.08. The Morgan fingerprint density at radius 2 is 1.86 bits per heavy atom. The van der Waals surface area contributed by atoms with E-state index in [2.05, 4.69) is 90.2 Å². The van der Waals surface area contributed by atoms with Crippen LogP contribution in [0.4, 0.5) is 5.69 Å². The molecule has 0 unspecified atom stereocenters. The molecule has 0 saturated heterocycles. The molecule has 3 aromatic rings. The third kappa shape index (κ3) is 6.10. The van der Waals surface area contributed by atoms with Crippen LogP contribution >= 0.6 is 0 Å². The highest BCUT2D eigenvalue weighted by molar-refractivity contribution is 5.79. The highest BCUT2D eigenvalue weighted by atomic mass is 15.3. The fourth-order valence-corrected chi connectivity index (χ4v) is 3.08. The first-order valence-corrected chi connectivity index (χ1v) is 9.98. The molecule has 0 amide bonds. The SMILES string of the molecule is CCNC(=NCc1cccc(N(C)C)c1)NCc1ccccc1Cn1cccn1. The van der Waals surface area contributed by atoms with Gasteiger partial charge in [0.15, 0.2) is 5.96 Å². The lowest BCUT2D eigenvalue weighted by molar-refractivity contribution is 0.677. The molecule has 0 fully saturated rings. The number of nitrogens with zero attached hydrogens (tertiary/aromatic N) is 4. The maximum Gasteiger partial charge on any atom is 0.191 e. The molecular formula is C23H30N6. The average molecular weight is 391 g/mol. The Morgan fingerprint density at radius 3 is 2.59 bits per heavy atom. The molecule has 0 aliphatic rings. The number of aliphatic imine (C=N–C) groups is 1. The minimum Gasteiger partial charge on any atom is -0.378 e. The minimum absolute atomic E-state index is 0.631. The third-order valence-electron chi connectivity index (χ3n) is 4.65. The van der Waals surface area contributed by atoms with Gasteiger partial charge in [0.1, 0.15) is 0 Å². The van der Waals surface area contributed by atoms with E-state index in [0.717, 1.165) is 19.0 Å². The van der Waals surface area contributed by atoms with Crippen molar-refractivity contribution in [2.75, 3.05) is 25.5 Å². The number of anilines is 1. The number of benzene rings is 2. The second-order valence-electron chi connectivity index (χ2n) is 7.09. The number of nitrogens with one attached hydrogen (secondary N) is 2. The highest BCUT2D eigenvalue weighted by Gasteiger charge is 2.05. The first-order valence-electron chi connectivity index (χ1n) is 9.98. The molecule has 0 aliphatic carbocycles. The van der Waals surface area contributed by atoms with E-state index in [9.17, 15) is 0 Å². The molecule has 0 saturated carbocycles. The maximum absolute atomic E-state index is 4.76. The maximum atomic E-state index is 4.76. The Morgan fingerprint density at radius 1 is 1.03 bits per heavy atom. The van der Waals surface area contributed by atoms with Gasteiger partial charge >= 0.3 is 0 Å². The van der Waals surface area contributed by atoms with Crippen LogP contribution in [0.3, 0.4) is 0 Å². The third-order valence-corrected chi connectivity index (χ3v) is 4.65. The largest absolute Gasteiger partial charge is 0.378 e. The van der Waals surface area contributed by atoms with E-state index in [1.807, 2.05) is 23.1 Å². The Balaban J connectivity index is 1.67. The molecular weight excluding hydrogens is 360 g/mol. The zero-order valence-electron chi connectivity index (χ0n) is 17.5. The Labute approximate surface area is 173 Å². The van der Waals surface area contributed by atoms with Crippen LogP contribution in [0.1, 0.15) is 23.6 Å². The molecule has 6 heteroatoms. The van der Waals surface area contributed by atoms with Crippen LogP contribution in [0, 0.1) is 0 Å². The lowest BCUT2D eigenvalue weighted by atomic mass is 10.1. The summed E-state index contributed by atoms with van der Waals surface area (Å²) in [5, 5.41) is 11.1. The average Bonchev–Trinajstić information content (AvgIpc) is 3.24. The van der Waals surface area contributed by atoms with Gasteiger partial charge in [-0.1, -0.05) is 36.4 Å². The monoisotopic (exact) mass is 390 g/mol. The highest BCUT2D eigenvalue weighted by Crippen LogP contribution is 2.14. The van der Waals surface area contributed by atoms with Crippen molar-refractivity contribution in [3.05, 3.63) is 83.7 Å². The zero-order chi connectivity index (χ0) is 20.5. The zero-order valence-corrected chi connectivity index (χ0v) is 17.5. The van der Waals surface area contributed by atoms with Crippen LogP contribution in [0.15, 0.2) is 72.0 Å². The van der Waals surface area contributed by atoms with Crippen molar-refractivity contribution in [2.45, 2.75) is 26.6 Å². The summed E-state index contributed by atoms with van der Waals surface area (Å²) in [6, 6.07) is 18.8. The molecule has 0 atom stereocenters. The summed E-state index contributed by atoms with van der Waals surface area (Å²) in [6.45, 7) is 5.00. The molecule has 1 aromatic heterocycles. The standard InChI is InChI=1S/C23H30N6/c1-4-24-23(25-16-19-9-7-12-22(15-19)28(2)3)26-17-20-10-5-6-11-21(20)18-29-14-8-13-27-29/h5-15H,4,16-18H2,1-3H3,(H2,24,25,26). The lowest BCUT2D eigenvalue weighted by Gasteiger charge is -2.15. The van der Waals surface area contributed by atoms with Crippen molar-refractivity contribution in [2.24, 2.45) is 4.99 Å². The second-order valence-corrected chi connectivity index (χ2v) is 7.09. The number of aromatic nitrogens is 2. The lowest BCUT2D eigenvalue weighted by Crippen LogP contribution is -2.37. The predicted molar refractivity (Wildman–Crippen MR) is 120 cm³/mol. The van der Waals surface area contributed by atoms with E-state index in [1.165, 1.54) is 22.4 Å². The first-order chi connectivity index (χ1) is 14.2. The minimum atomic E-state index is 0.631. The molecule has 29 heavy (non-hydrogen) atoms. The number of hydrogen-bond acceptors (Lipinski definition) is 3. The molecule has 0 radical (unpaired) electrons. The van der Waals surface area contributed by atoms with Gasteiger partial charge in [0, 0.05) is 45.3 Å². The molecule has 152 valence electrons. The molecule has 0 spiro atoms. The first kappa shape index (κ1) is 20.5. The summed E-state index contributed by atoms with van der Waals surface area (Å²) in [4.78, 5) is 6.87. The van der Waals surface area contributed by atoms with Crippen LogP contribution < -0.4 is 15.5 Å². The van der Waals surface area contributed by atoms with Crippen LogP contribution in [-0.4, -0.2) is 36.4 Å². The summed E-state index contributed by atoms with van der Waals surface area (Å²) in [5.41, 5.74) is 4.86. The van der Waals surface area contributed by atoms with Gasteiger partial charge < -0.3 is 15.5 Å². The van der Waals surface area contributed by atoms with Crippen molar-refractivity contribution >= 4 is 11.6 Å². The summed E-state index contributed by atoms with van der Waals surface area (Å²) >= 11 is 0. The van der Waals surface area contributed by atoms with Crippen molar-refractivity contribution in [1.82, 2.24) is 20.4 Å². The van der Waals surface area contributed by atoms with Crippen LogP contribution in [0.2, 0.25) is 0 Å². The van der Waals surface area contributed by atoms with Crippen LogP contribution in [0.5, 0.6) is 0 Å². The quantitative estimate of drug-likeness (QED) is 0.458. The predicted octanol–water partition coefficient (Wildman–Crippen LogP) is 3.25. The van der Waals surface area contributed by atoms with E-state index in [-0.39, 0.29) is 0 Å². The fraction of sp³-hybridized carbons (Fsp3) is 0.304. The Kier molecular flexibility index (Phi) is 7.28. The van der Waals surface area contributed by atoms with Crippen molar-refractivity contribution in [3.63, 3.8) is 0 Å². The number of hydrogen-bond donors (Lipinski definition) is 2. The topological polar surface area (TPSA) is 57.5 Å². The van der Waals surface area contributed by atoms with Crippen LogP contribution in [0.25, 0.3) is 0 Å². The van der Waals surface area contributed by atoms with Crippen molar-refractivity contribution in [3.8, 4) is 0 Å². The van der Waals surface area contributed by atoms with Gasteiger partial charge in [0.25, 0.3) is 0 Å². The Hall–Kier alpha value is -3.28. The Bertz CT molecular complexity index is 915. The molecule has 2 N–H and O–H groups in total. The van der Waals surface area contributed by atoms with Gasteiger partial charge in [-0.05, 0) is 41.8 Å². The van der Waals surface area contributed by atoms with Gasteiger partial charge in [-0.3, -0.25) is 4.68 Å².